The maximum absolute atomic E-state index is 12.3. The highest BCUT2D eigenvalue weighted by Crippen LogP contribution is 2.25. The van der Waals surface area contributed by atoms with Gasteiger partial charge in [0, 0.05) is 28.2 Å². The largest absolute Gasteiger partial charge is 0.459 e. The molecule has 2 aromatic heterocycles. The van der Waals surface area contributed by atoms with E-state index in [1.54, 1.807) is 12.1 Å². The zero-order chi connectivity index (χ0) is 21.8. The molecule has 0 spiro atoms. The minimum Gasteiger partial charge on any atom is -0.459 e. The highest BCUT2D eigenvalue weighted by Gasteiger charge is 2.13. The lowest BCUT2D eigenvalue weighted by Crippen LogP contribution is -2.24. The van der Waals surface area contributed by atoms with Crippen LogP contribution in [-0.4, -0.2) is 26.4 Å². The minimum absolute atomic E-state index is 0.120. The van der Waals surface area contributed by atoms with E-state index in [-0.39, 0.29) is 11.7 Å². The summed E-state index contributed by atoms with van der Waals surface area (Å²) in [6.45, 7) is 0.307. The number of halogens is 2. The third kappa shape index (κ3) is 5.31. The highest BCUT2D eigenvalue weighted by atomic mass is 35.5. The Bertz CT molecular complexity index is 1190. The SMILES string of the molecule is Cn1c(SCC(=O)NCc2ccc(-c3ccc(Cl)cc3)o2)nnc1-c1ccc(Cl)cc1. The summed E-state index contributed by atoms with van der Waals surface area (Å²) in [5.41, 5.74) is 1.83. The summed E-state index contributed by atoms with van der Waals surface area (Å²) in [5, 5.41) is 13.2. The molecule has 4 aromatic rings. The number of carbonyl (C=O) groups excluding carboxylic acids is 1. The first-order valence-electron chi connectivity index (χ1n) is 9.39. The van der Waals surface area contributed by atoms with E-state index >= 15 is 0 Å². The molecule has 9 heteroatoms. The number of carbonyl (C=O) groups is 1. The van der Waals surface area contributed by atoms with E-state index in [9.17, 15) is 4.79 Å². The van der Waals surface area contributed by atoms with E-state index < -0.39 is 0 Å². The van der Waals surface area contributed by atoms with Gasteiger partial charge in [-0.05, 0) is 60.7 Å². The van der Waals surface area contributed by atoms with Crippen LogP contribution in [0.1, 0.15) is 5.76 Å². The van der Waals surface area contributed by atoms with E-state index in [1.165, 1.54) is 11.8 Å². The highest BCUT2D eigenvalue weighted by molar-refractivity contribution is 7.99. The smallest absolute Gasteiger partial charge is 0.230 e. The number of furan rings is 1. The van der Waals surface area contributed by atoms with Crippen LogP contribution in [0.3, 0.4) is 0 Å². The van der Waals surface area contributed by atoms with Gasteiger partial charge in [0.1, 0.15) is 11.5 Å². The standard InChI is InChI=1S/C22H18Cl2N4O2S/c1-28-21(15-4-8-17(24)9-5-15)26-27-22(28)31-13-20(29)25-12-18-10-11-19(30-18)14-2-6-16(23)7-3-14/h2-11H,12-13H2,1H3,(H,25,29). The number of aromatic nitrogens is 3. The molecule has 0 aliphatic rings. The number of nitrogens with zero attached hydrogens (tertiary/aromatic N) is 3. The second kappa shape index (κ2) is 9.60. The van der Waals surface area contributed by atoms with Crippen LogP contribution in [-0.2, 0) is 18.4 Å². The Labute approximate surface area is 193 Å². The number of hydrogen-bond acceptors (Lipinski definition) is 5. The Morgan fingerprint density at radius 1 is 0.968 bits per heavy atom. The lowest BCUT2D eigenvalue weighted by atomic mass is 10.2. The number of benzene rings is 2. The third-order valence-corrected chi connectivity index (χ3v) is 6.04. The van der Waals surface area contributed by atoms with Gasteiger partial charge in [-0.15, -0.1) is 10.2 Å². The van der Waals surface area contributed by atoms with E-state index in [2.05, 4.69) is 15.5 Å². The quantitative estimate of drug-likeness (QED) is 0.361. The molecule has 2 heterocycles. The van der Waals surface area contributed by atoms with Crippen molar-refractivity contribution < 1.29 is 9.21 Å². The molecule has 0 saturated heterocycles. The van der Waals surface area contributed by atoms with Crippen molar-refractivity contribution in [2.24, 2.45) is 7.05 Å². The molecule has 0 radical (unpaired) electrons. The summed E-state index contributed by atoms with van der Waals surface area (Å²) in [6, 6.07) is 18.5. The van der Waals surface area contributed by atoms with Gasteiger partial charge in [-0.25, -0.2) is 0 Å². The van der Waals surface area contributed by atoms with Gasteiger partial charge < -0.3 is 14.3 Å². The summed E-state index contributed by atoms with van der Waals surface area (Å²) in [6.07, 6.45) is 0. The molecule has 6 nitrogen and oxygen atoms in total. The van der Waals surface area contributed by atoms with Crippen molar-refractivity contribution in [3.8, 4) is 22.7 Å². The maximum Gasteiger partial charge on any atom is 0.230 e. The van der Waals surface area contributed by atoms with Crippen LogP contribution in [0.4, 0.5) is 0 Å². The molecule has 158 valence electrons. The molecule has 1 amide bonds. The molecule has 0 unspecified atom stereocenters. The number of amides is 1. The van der Waals surface area contributed by atoms with Crippen molar-refractivity contribution in [2.45, 2.75) is 11.7 Å². The van der Waals surface area contributed by atoms with Crippen LogP contribution in [0.25, 0.3) is 22.7 Å². The van der Waals surface area contributed by atoms with Crippen LogP contribution < -0.4 is 5.32 Å². The van der Waals surface area contributed by atoms with E-state index in [4.69, 9.17) is 27.6 Å². The monoisotopic (exact) mass is 472 g/mol. The summed E-state index contributed by atoms with van der Waals surface area (Å²) in [7, 11) is 1.87. The van der Waals surface area contributed by atoms with Crippen molar-refractivity contribution in [3.63, 3.8) is 0 Å². The topological polar surface area (TPSA) is 73.0 Å². The molecule has 1 N–H and O–H groups in total. The second-order valence-electron chi connectivity index (χ2n) is 6.71. The Morgan fingerprint density at radius 2 is 1.61 bits per heavy atom. The van der Waals surface area contributed by atoms with Crippen molar-refractivity contribution in [2.75, 3.05) is 5.75 Å². The van der Waals surface area contributed by atoms with Gasteiger partial charge in [-0.1, -0.05) is 35.0 Å². The zero-order valence-corrected chi connectivity index (χ0v) is 18.8. The molecule has 0 bridgehead atoms. The van der Waals surface area contributed by atoms with Crippen LogP contribution >= 0.6 is 35.0 Å². The predicted molar refractivity (Wildman–Crippen MR) is 123 cm³/mol. The Balaban J connectivity index is 1.30. The van der Waals surface area contributed by atoms with Gasteiger partial charge in [-0.3, -0.25) is 4.79 Å². The first kappa shape index (κ1) is 21.5. The van der Waals surface area contributed by atoms with Gasteiger partial charge in [0.05, 0.1) is 12.3 Å². The van der Waals surface area contributed by atoms with Gasteiger partial charge in [0.25, 0.3) is 0 Å². The molecular formula is C22H18Cl2N4O2S. The Hall–Kier alpha value is -2.74. The van der Waals surface area contributed by atoms with Gasteiger partial charge in [0.15, 0.2) is 11.0 Å². The lowest BCUT2D eigenvalue weighted by molar-refractivity contribution is -0.118. The normalized spacial score (nSPS) is 10.9. The summed E-state index contributed by atoms with van der Waals surface area (Å²) < 4.78 is 7.66. The average Bonchev–Trinajstić information content (AvgIpc) is 3.39. The van der Waals surface area contributed by atoms with E-state index in [0.29, 0.717) is 33.3 Å². The van der Waals surface area contributed by atoms with Crippen LogP contribution in [0, 0.1) is 0 Å². The molecule has 0 fully saturated rings. The molecule has 0 saturated carbocycles. The number of thioether (sulfide) groups is 1. The fourth-order valence-electron chi connectivity index (χ4n) is 2.90. The predicted octanol–water partition coefficient (Wildman–Crippen LogP) is 5.46. The molecule has 0 atom stereocenters. The molecule has 0 aliphatic heterocycles. The van der Waals surface area contributed by atoms with Crippen LogP contribution in [0.2, 0.25) is 10.0 Å². The Kier molecular flexibility index (Phi) is 6.65. The molecule has 4 rings (SSSR count). The molecule has 31 heavy (non-hydrogen) atoms. The number of nitrogens with one attached hydrogen (secondary N) is 1. The van der Waals surface area contributed by atoms with Crippen LogP contribution in [0.15, 0.2) is 70.2 Å². The number of hydrogen-bond donors (Lipinski definition) is 1. The lowest BCUT2D eigenvalue weighted by Gasteiger charge is -2.05. The summed E-state index contributed by atoms with van der Waals surface area (Å²) >= 11 is 13.2. The zero-order valence-electron chi connectivity index (χ0n) is 16.5. The first-order valence-corrected chi connectivity index (χ1v) is 11.1. The van der Waals surface area contributed by atoms with E-state index in [0.717, 1.165) is 16.9 Å². The first-order chi connectivity index (χ1) is 15.0. The van der Waals surface area contributed by atoms with Crippen molar-refractivity contribution in [3.05, 3.63) is 76.5 Å². The van der Waals surface area contributed by atoms with E-state index in [1.807, 2.05) is 60.1 Å². The van der Waals surface area contributed by atoms with Gasteiger partial charge in [0.2, 0.25) is 5.91 Å². The minimum atomic E-state index is -0.120. The fraction of sp³-hybridized carbons (Fsp3) is 0.136. The fourth-order valence-corrected chi connectivity index (χ4v) is 3.89. The second-order valence-corrected chi connectivity index (χ2v) is 8.53. The van der Waals surface area contributed by atoms with Gasteiger partial charge >= 0.3 is 0 Å². The van der Waals surface area contributed by atoms with Crippen molar-refractivity contribution in [1.29, 1.82) is 0 Å². The van der Waals surface area contributed by atoms with Crippen LogP contribution in [0.5, 0.6) is 0 Å². The summed E-state index contributed by atoms with van der Waals surface area (Å²) in [5.74, 6) is 2.21. The summed E-state index contributed by atoms with van der Waals surface area (Å²) in [4.78, 5) is 12.3. The molecule has 2 aromatic carbocycles. The molecule has 0 aliphatic carbocycles. The Morgan fingerprint density at radius 3 is 2.29 bits per heavy atom. The van der Waals surface area contributed by atoms with Crippen molar-refractivity contribution in [1.82, 2.24) is 20.1 Å². The number of rotatable bonds is 7. The molecular weight excluding hydrogens is 455 g/mol. The van der Waals surface area contributed by atoms with Crippen molar-refractivity contribution >= 4 is 40.9 Å². The van der Waals surface area contributed by atoms with Gasteiger partial charge in [-0.2, -0.15) is 0 Å². The maximum atomic E-state index is 12.3. The third-order valence-electron chi connectivity index (χ3n) is 4.52. The average molecular weight is 473 g/mol.